The molecule has 7 rings (SSSR count). The first-order chi connectivity index (χ1) is 18.3. The van der Waals surface area contributed by atoms with Gasteiger partial charge in [-0.2, -0.15) is 21.3 Å². The average Bonchev–Trinajstić information content (AvgIpc) is 3.70. The Morgan fingerprint density at radius 2 is 1.68 bits per heavy atom. The molecule has 11 heteroatoms. The molecule has 37 heavy (non-hydrogen) atoms. The minimum absolute atomic E-state index is 0.222. The number of morpholine rings is 1. The van der Waals surface area contributed by atoms with Crippen molar-refractivity contribution in [2.75, 3.05) is 48.6 Å². The first-order valence-electron chi connectivity index (χ1n) is 11.9. The standard InChI is InChI=1S/C26H23N7O3S/c1-4-19(32-8-10-34-11-9-32)5-2-17(1)29-26-30-24(28-18-3-6-21-22(13-18)36-16-35-21)23-25(31-26)33(15-27-23)20-7-12-37-14-20/h1-7,12-15H,8-11,16H2,(H2,28,29,30,31). The Morgan fingerprint density at radius 1 is 0.838 bits per heavy atom. The summed E-state index contributed by atoms with van der Waals surface area (Å²) in [5.74, 6) is 2.47. The Kier molecular flexibility index (Phi) is 5.48. The minimum Gasteiger partial charge on any atom is -0.454 e. The van der Waals surface area contributed by atoms with Gasteiger partial charge in [0.2, 0.25) is 12.7 Å². The molecule has 0 unspecified atom stereocenters. The van der Waals surface area contributed by atoms with Crippen molar-refractivity contribution in [3.05, 3.63) is 65.6 Å². The van der Waals surface area contributed by atoms with E-state index in [-0.39, 0.29) is 6.79 Å². The van der Waals surface area contributed by atoms with E-state index in [9.17, 15) is 0 Å². The second-order valence-electron chi connectivity index (χ2n) is 8.63. The summed E-state index contributed by atoms with van der Waals surface area (Å²) < 4.78 is 18.4. The van der Waals surface area contributed by atoms with E-state index < -0.39 is 0 Å². The van der Waals surface area contributed by atoms with Gasteiger partial charge in [-0.25, -0.2) is 4.98 Å². The van der Waals surface area contributed by atoms with Crippen LogP contribution in [0.1, 0.15) is 0 Å². The number of nitrogens with one attached hydrogen (secondary N) is 2. The number of hydrogen-bond acceptors (Lipinski definition) is 10. The Hall–Kier alpha value is -4.35. The van der Waals surface area contributed by atoms with E-state index in [2.05, 4.69) is 38.0 Å². The van der Waals surface area contributed by atoms with E-state index in [0.717, 1.165) is 49.1 Å². The van der Waals surface area contributed by atoms with Gasteiger partial charge in [0.25, 0.3) is 0 Å². The SMILES string of the molecule is c1cc(-n2cnc3c(Nc4ccc5c(c4)OCO5)nc(Nc4ccc(N5CCOCC5)cc4)nc32)cs1. The zero-order valence-electron chi connectivity index (χ0n) is 19.8. The molecule has 5 heterocycles. The van der Waals surface area contributed by atoms with Crippen LogP contribution < -0.4 is 25.0 Å². The van der Waals surface area contributed by atoms with Crippen LogP contribution in [0.4, 0.5) is 28.8 Å². The zero-order chi connectivity index (χ0) is 24.6. The van der Waals surface area contributed by atoms with Crippen molar-refractivity contribution in [3.63, 3.8) is 0 Å². The van der Waals surface area contributed by atoms with E-state index in [1.165, 1.54) is 5.69 Å². The molecule has 2 aromatic carbocycles. The molecule has 1 saturated heterocycles. The summed E-state index contributed by atoms with van der Waals surface area (Å²) in [6, 6.07) is 16.0. The van der Waals surface area contributed by atoms with Crippen molar-refractivity contribution in [1.82, 2.24) is 19.5 Å². The number of ether oxygens (including phenoxy) is 3. The molecule has 2 aliphatic rings. The molecule has 186 valence electrons. The van der Waals surface area contributed by atoms with Crippen LogP contribution in [0.3, 0.4) is 0 Å². The van der Waals surface area contributed by atoms with Crippen LogP contribution in [0.2, 0.25) is 0 Å². The van der Waals surface area contributed by atoms with Gasteiger partial charge in [0.15, 0.2) is 28.5 Å². The maximum absolute atomic E-state index is 5.54. The van der Waals surface area contributed by atoms with Crippen molar-refractivity contribution in [1.29, 1.82) is 0 Å². The molecule has 5 aromatic rings. The van der Waals surface area contributed by atoms with Crippen LogP contribution in [0, 0.1) is 0 Å². The van der Waals surface area contributed by atoms with Crippen LogP contribution in [-0.4, -0.2) is 52.6 Å². The maximum atomic E-state index is 5.54. The number of aromatic nitrogens is 4. The van der Waals surface area contributed by atoms with Gasteiger partial charge in [-0.3, -0.25) is 4.57 Å². The highest BCUT2D eigenvalue weighted by Crippen LogP contribution is 2.36. The lowest BCUT2D eigenvalue weighted by molar-refractivity contribution is 0.122. The fourth-order valence-corrected chi connectivity index (χ4v) is 5.07. The highest BCUT2D eigenvalue weighted by atomic mass is 32.1. The van der Waals surface area contributed by atoms with Crippen LogP contribution in [0.15, 0.2) is 65.6 Å². The lowest BCUT2D eigenvalue weighted by Crippen LogP contribution is -2.36. The summed E-state index contributed by atoms with van der Waals surface area (Å²) in [4.78, 5) is 16.6. The van der Waals surface area contributed by atoms with Gasteiger partial charge in [0.05, 0.1) is 18.9 Å². The number of fused-ring (bicyclic) bond motifs is 2. The number of thiophene rings is 1. The van der Waals surface area contributed by atoms with Gasteiger partial charge in [-0.1, -0.05) is 0 Å². The summed E-state index contributed by atoms with van der Waals surface area (Å²) in [6.45, 7) is 3.53. The number of anilines is 5. The monoisotopic (exact) mass is 513 g/mol. The van der Waals surface area contributed by atoms with Crippen molar-refractivity contribution >= 4 is 51.3 Å². The first kappa shape index (κ1) is 21.9. The lowest BCUT2D eigenvalue weighted by Gasteiger charge is -2.28. The van der Waals surface area contributed by atoms with Crippen molar-refractivity contribution in [2.24, 2.45) is 0 Å². The number of hydrogen-bond donors (Lipinski definition) is 2. The van der Waals surface area contributed by atoms with Gasteiger partial charge in [-0.05, 0) is 47.8 Å². The molecule has 0 spiro atoms. The quantitative estimate of drug-likeness (QED) is 0.327. The molecule has 0 radical (unpaired) electrons. The summed E-state index contributed by atoms with van der Waals surface area (Å²) in [7, 11) is 0. The Balaban J connectivity index is 1.23. The predicted molar refractivity (Wildman–Crippen MR) is 143 cm³/mol. The van der Waals surface area contributed by atoms with Crippen LogP contribution in [0.25, 0.3) is 16.9 Å². The van der Waals surface area contributed by atoms with Crippen LogP contribution in [-0.2, 0) is 4.74 Å². The average molecular weight is 514 g/mol. The fraction of sp³-hybridized carbons (Fsp3) is 0.192. The molecule has 0 saturated carbocycles. The molecule has 2 N–H and O–H groups in total. The largest absolute Gasteiger partial charge is 0.454 e. The van der Waals surface area contributed by atoms with Crippen molar-refractivity contribution in [2.45, 2.75) is 0 Å². The molecule has 0 aliphatic carbocycles. The summed E-state index contributed by atoms with van der Waals surface area (Å²) in [6.07, 6.45) is 1.77. The number of benzene rings is 2. The molecule has 10 nitrogen and oxygen atoms in total. The molecule has 1 fully saturated rings. The molecule has 0 atom stereocenters. The summed E-state index contributed by atoms with van der Waals surface area (Å²) >= 11 is 1.62. The fourth-order valence-electron chi connectivity index (χ4n) is 4.44. The smallest absolute Gasteiger partial charge is 0.231 e. The topological polar surface area (TPSA) is 98.6 Å². The number of rotatable bonds is 6. The Morgan fingerprint density at radius 3 is 2.51 bits per heavy atom. The Labute approximate surface area is 216 Å². The summed E-state index contributed by atoms with van der Waals surface area (Å²) in [5.41, 5.74) is 5.25. The van der Waals surface area contributed by atoms with E-state index >= 15 is 0 Å². The van der Waals surface area contributed by atoms with E-state index in [4.69, 9.17) is 24.2 Å². The van der Waals surface area contributed by atoms with Crippen LogP contribution >= 0.6 is 11.3 Å². The summed E-state index contributed by atoms with van der Waals surface area (Å²) in [5, 5.41) is 10.9. The van der Waals surface area contributed by atoms with Crippen LogP contribution in [0.5, 0.6) is 11.5 Å². The predicted octanol–water partition coefficient (Wildman–Crippen LogP) is 4.93. The highest BCUT2D eigenvalue weighted by molar-refractivity contribution is 7.08. The molecule has 2 aliphatic heterocycles. The molecule has 0 bridgehead atoms. The normalized spacial score (nSPS) is 14.8. The van der Waals surface area contributed by atoms with Gasteiger partial charge in [0.1, 0.15) is 6.33 Å². The third-order valence-electron chi connectivity index (χ3n) is 6.32. The number of imidazole rings is 1. The molecule has 3 aromatic heterocycles. The van der Waals surface area contributed by atoms with Gasteiger partial charge in [-0.15, -0.1) is 0 Å². The van der Waals surface area contributed by atoms with Gasteiger partial charge < -0.3 is 29.7 Å². The van der Waals surface area contributed by atoms with E-state index in [1.54, 1.807) is 17.7 Å². The molecular formula is C26H23N7O3S. The lowest BCUT2D eigenvalue weighted by atomic mass is 10.2. The first-order valence-corrected chi connectivity index (χ1v) is 12.9. The van der Waals surface area contributed by atoms with Gasteiger partial charge in [0, 0.05) is 41.6 Å². The Bertz CT molecular complexity index is 1550. The molecule has 0 amide bonds. The van der Waals surface area contributed by atoms with E-state index in [1.807, 2.05) is 46.3 Å². The maximum Gasteiger partial charge on any atom is 0.231 e. The minimum atomic E-state index is 0.222. The zero-order valence-corrected chi connectivity index (χ0v) is 20.6. The third kappa shape index (κ3) is 4.28. The van der Waals surface area contributed by atoms with Gasteiger partial charge >= 0.3 is 0 Å². The highest BCUT2D eigenvalue weighted by Gasteiger charge is 2.18. The number of nitrogens with zero attached hydrogens (tertiary/aromatic N) is 5. The third-order valence-corrected chi connectivity index (χ3v) is 6.99. The van der Waals surface area contributed by atoms with Crippen molar-refractivity contribution in [3.8, 4) is 17.2 Å². The second kappa shape index (κ2) is 9.26. The molecular weight excluding hydrogens is 490 g/mol. The van der Waals surface area contributed by atoms with E-state index in [0.29, 0.717) is 28.7 Å². The second-order valence-corrected chi connectivity index (χ2v) is 9.41. The van der Waals surface area contributed by atoms with Crippen molar-refractivity contribution < 1.29 is 14.2 Å².